The van der Waals surface area contributed by atoms with Crippen molar-refractivity contribution in [3.05, 3.63) is 77.4 Å². The first kappa shape index (κ1) is 21.7. The van der Waals surface area contributed by atoms with Crippen LogP contribution in [0.4, 0.5) is 0 Å². The van der Waals surface area contributed by atoms with Gasteiger partial charge in [0.2, 0.25) is 10.0 Å². The van der Waals surface area contributed by atoms with Gasteiger partial charge in [0, 0.05) is 30.7 Å². The van der Waals surface area contributed by atoms with Crippen molar-refractivity contribution in [2.75, 3.05) is 13.1 Å². The Hall–Kier alpha value is -3.08. The van der Waals surface area contributed by atoms with Gasteiger partial charge in [-0.2, -0.15) is 5.10 Å². The average Bonchev–Trinajstić information content (AvgIpc) is 3.51. The summed E-state index contributed by atoms with van der Waals surface area (Å²) in [5, 5.41) is 6.99. The van der Waals surface area contributed by atoms with Crippen molar-refractivity contribution < 1.29 is 13.2 Å². The van der Waals surface area contributed by atoms with Crippen LogP contribution in [-0.4, -0.2) is 53.1 Å². The molecule has 3 aromatic heterocycles. The van der Waals surface area contributed by atoms with Gasteiger partial charge in [-0.1, -0.05) is 36.4 Å². The van der Waals surface area contributed by atoms with Gasteiger partial charge in [-0.15, -0.1) is 11.3 Å². The third-order valence-electron chi connectivity index (χ3n) is 5.76. The van der Waals surface area contributed by atoms with Gasteiger partial charge >= 0.3 is 0 Å². The maximum Gasteiger partial charge on any atom is 0.255 e. The highest BCUT2D eigenvalue weighted by Crippen LogP contribution is 2.21. The Morgan fingerprint density at radius 3 is 2.61 bits per heavy atom. The van der Waals surface area contributed by atoms with Crippen LogP contribution >= 0.6 is 11.3 Å². The molecule has 1 fully saturated rings. The summed E-state index contributed by atoms with van der Waals surface area (Å²) < 4.78 is 29.8. The minimum atomic E-state index is -3.51. The molecule has 10 heteroatoms. The number of fused-ring (bicyclic) bond motifs is 1. The van der Waals surface area contributed by atoms with E-state index < -0.39 is 10.0 Å². The van der Waals surface area contributed by atoms with Crippen LogP contribution in [-0.2, 0) is 16.6 Å². The molecule has 5 rings (SSSR count). The monoisotopic (exact) mass is 481 g/mol. The molecule has 8 nitrogen and oxygen atoms in total. The predicted octanol–water partition coefficient (Wildman–Crippen LogP) is 3.12. The van der Waals surface area contributed by atoms with Crippen LogP contribution < -0.4 is 4.72 Å². The number of likely N-dealkylation sites (tertiary alicyclic amines) is 1. The topological polar surface area (TPSA) is 97.2 Å². The van der Waals surface area contributed by atoms with Crippen molar-refractivity contribution in [3.63, 3.8) is 0 Å². The number of carbonyl (C=O) groups is 1. The van der Waals surface area contributed by atoms with E-state index in [1.165, 1.54) is 11.3 Å². The summed E-state index contributed by atoms with van der Waals surface area (Å²) in [5.74, 6) is -0.0974. The Labute approximate surface area is 195 Å². The maximum absolute atomic E-state index is 13.0. The number of nitrogens with one attached hydrogen (secondary N) is 1. The van der Waals surface area contributed by atoms with Gasteiger partial charge in [0.1, 0.15) is 4.21 Å². The van der Waals surface area contributed by atoms with Gasteiger partial charge in [0.25, 0.3) is 5.91 Å². The quantitative estimate of drug-likeness (QED) is 0.456. The van der Waals surface area contributed by atoms with E-state index >= 15 is 0 Å². The molecule has 1 aliphatic heterocycles. The molecule has 1 N–H and O–H groups in total. The highest BCUT2D eigenvalue weighted by Gasteiger charge is 2.28. The number of carbonyl (C=O) groups excluding carboxylic acids is 1. The molecule has 1 aromatic carbocycles. The fraction of sp³-hybridized carbons (Fsp3) is 0.261. The summed E-state index contributed by atoms with van der Waals surface area (Å²) in [7, 11) is -3.51. The smallest absolute Gasteiger partial charge is 0.255 e. The van der Waals surface area contributed by atoms with Crippen LogP contribution in [0.25, 0.3) is 11.0 Å². The zero-order chi connectivity index (χ0) is 22.8. The molecule has 0 radical (unpaired) electrons. The van der Waals surface area contributed by atoms with E-state index in [0.29, 0.717) is 42.2 Å². The van der Waals surface area contributed by atoms with E-state index in [0.717, 1.165) is 16.6 Å². The first-order chi connectivity index (χ1) is 16.0. The minimum Gasteiger partial charge on any atom is -0.338 e. The Balaban J connectivity index is 1.23. The van der Waals surface area contributed by atoms with Gasteiger partial charge in [0.15, 0.2) is 5.65 Å². The summed E-state index contributed by atoms with van der Waals surface area (Å²) in [4.78, 5) is 19.3. The van der Waals surface area contributed by atoms with Gasteiger partial charge in [-0.25, -0.2) is 22.8 Å². The first-order valence-electron chi connectivity index (χ1n) is 10.7. The Morgan fingerprint density at radius 1 is 1.09 bits per heavy atom. The second-order valence-corrected chi connectivity index (χ2v) is 10.9. The number of sulfonamides is 1. The number of pyridine rings is 1. The third kappa shape index (κ3) is 4.68. The number of hydrogen-bond donors (Lipinski definition) is 1. The Kier molecular flexibility index (Phi) is 5.96. The largest absolute Gasteiger partial charge is 0.338 e. The first-order valence-corrected chi connectivity index (χ1v) is 13.1. The molecular weight excluding hydrogens is 458 g/mol. The van der Waals surface area contributed by atoms with Gasteiger partial charge in [-0.05, 0) is 35.9 Å². The lowest BCUT2D eigenvalue weighted by molar-refractivity contribution is 0.0711. The fourth-order valence-electron chi connectivity index (χ4n) is 4.04. The molecule has 0 unspecified atom stereocenters. The van der Waals surface area contributed by atoms with Gasteiger partial charge < -0.3 is 4.90 Å². The van der Waals surface area contributed by atoms with Crippen LogP contribution in [0.3, 0.4) is 0 Å². The van der Waals surface area contributed by atoms with E-state index in [-0.39, 0.29) is 11.9 Å². The van der Waals surface area contributed by atoms with E-state index in [4.69, 9.17) is 0 Å². The number of benzene rings is 1. The van der Waals surface area contributed by atoms with Gasteiger partial charge in [0.05, 0.1) is 18.3 Å². The van der Waals surface area contributed by atoms with Crippen molar-refractivity contribution in [2.45, 2.75) is 29.6 Å². The number of piperidine rings is 1. The molecule has 170 valence electrons. The molecule has 0 spiro atoms. The maximum atomic E-state index is 13.0. The number of aromatic nitrogens is 3. The lowest BCUT2D eigenvalue weighted by Gasteiger charge is -2.32. The van der Waals surface area contributed by atoms with Crippen molar-refractivity contribution in [3.8, 4) is 0 Å². The number of hydrogen-bond acceptors (Lipinski definition) is 6. The van der Waals surface area contributed by atoms with Crippen LogP contribution in [0.2, 0.25) is 0 Å². The molecular formula is C23H23N5O3S2. The summed E-state index contributed by atoms with van der Waals surface area (Å²) >= 11 is 1.20. The third-order valence-corrected chi connectivity index (χ3v) is 8.68. The average molecular weight is 482 g/mol. The predicted molar refractivity (Wildman–Crippen MR) is 127 cm³/mol. The zero-order valence-electron chi connectivity index (χ0n) is 17.8. The minimum absolute atomic E-state index is 0.0974. The summed E-state index contributed by atoms with van der Waals surface area (Å²) in [6.45, 7) is 1.59. The normalized spacial score (nSPS) is 15.2. The Bertz CT molecular complexity index is 1360. The SMILES string of the molecule is O=C(c1cnc2c(cnn2Cc2ccccc2)c1)N1CCC(NS(=O)(=O)c2cccs2)CC1. The van der Waals surface area contributed by atoms with E-state index in [9.17, 15) is 13.2 Å². The molecule has 4 aromatic rings. The number of amides is 1. The van der Waals surface area contributed by atoms with Crippen LogP contribution in [0.5, 0.6) is 0 Å². The number of thiophene rings is 1. The lowest BCUT2D eigenvalue weighted by atomic mass is 10.1. The fourth-order valence-corrected chi connectivity index (χ4v) is 6.35. The van der Waals surface area contributed by atoms with Crippen molar-refractivity contribution in [2.24, 2.45) is 0 Å². The summed E-state index contributed by atoms with van der Waals surface area (Å²) in [6.07, 6.45) is 4.47. The molecule has 33 heavy (non-hydrogen) atoms. The summed E-state index contributed by atoms with van der Waals surface area (Å²) in [6, 6.07) is 15.0. The lowest BCUT2D eigenvalue weighted by Crippen LogP contribution is -2.46. The highest BCUT2D eigenvalue weighted by atomic mass is 32.2. The summed E-state index contributed by atoms with van der Waals surface area (Å²) in [5.41, 5.74) is 2.37. The highest BCUT2D eigenvalue weighted by molar-refractivity contribution is 7.91. The van der Waals surface area contributed by atoms with E-state index in [1.807, 2.05) is 41.1 Å². The number of nitrogens with zero attached hydrogens (tertiary/aromatic N) is 4. The van der Waals surface area contributed by atoms with Crippen molar-refractivity contribution in [1.82, 2.24) is 24.4 Å². The second-order valence-electron chi connectivity index (χ2n) is 8.04. The zero-order valence-corrected chi connectivity index (χ0v) is 19.4. The van der Waals surface area contributed by atoms with E-state index in [1.54, 1.807) is 34.8 Å². The molecule has 0 atom stereocenters. The van der Waals surface area contributed by atoms with Crippen LogP contribution in [0.1, 0.15) is 28.8 Å². The number of rotatable bonds is 6. The molecule has 1 saturated heterocycles. The molecule has 1 amide bonds. The standard InChI is InChI=1S/C23H23N5O3S2/c29-23(27-10-8-20(9-11-27)26-33(30,31)21-7-4-12-32-21)19-13-18-15-25-28(22(18)24-14-19)16-17-5-2-1-3-6-17/h1-7,12-15,20,26H,8-11,16H2. The van der Waals surface area contributed by atoms with Crippen molar-refractivity contribution >= 4 is 38.3 Å². The molecule has 0 aliphatic carbocycles. The Morgan fingerprint density at radius 2 is 1.88 bits per heavy atom. The molecule has 4 heterocycles. The molecule has 0 saturated carbocycles. The van der Waals surface area contributed by atoms with Crippen LogP contribution in [0, 0.1) is 0 Å². The van der Waals surface area contributed by atoms with Crippen molar-refractivity contribution in [1.29, 1.82) is 0 Å². The van der Waals surface area contributed by atoms with Crippen LogP contribution in [0.15, 0.2) is 70.5 Å². The molecule has 1 aliphatic rings. The van der Waals surface area contributed by atoms with Gasteiger partial charge in [-0.3, -0.25) is 4.79 Å². The van der Waals surface area contributed by atoms with E-state index in [2.05, 4.69) is 14.8 Å². The molecule has 0 bridgehead atoms. The second kappa shape index (κ2) is 9.05.